The van der Waals surface area contributed by atoms with Crippen molar-refractivity contribution in [3.8, 4) is 0 Å². The molecule has 0 saturated carbocycles. The molecule has 0 saturated heterocycles. The minimum Gasteiger partial charge on any atom is -0.478 e. The highest BCUT2D eigenvalue weighted by atomic mass is 19.4. The van der Waals surface area contributed by atoms with E-state index < -0.39 is 90.8 Å². The van der Waals surface area contributed by atoms with Crippen LogP contribution in [0.4, 0.5) is 52.7 Å². The van der Waals surface area contributed by atoms with Gasteiger partial charge in [0.05, 0.1) is 6.42 Å². The third kappa shape index (κ3) is 6.72. The van der Waals surface area contributed by atoms with Crippen molar-refractivity contribution in [2.45, 2.75) is 48.4 Å². The first-order valence-electron chi connectivity index (χ1n) is 9.05. The molecule has 0 bridgehead atoms. The van der Waals surface area contributed by atoms with Gasteiger partial charge in [-0.25, -0.2) is 10.1 Å². The van der Waals surface area contributed by atoms with E-state index in [1.807, 2.05) is 0 Å². The highest BCUT2D eigenvalue weighted by Gasteiger charge is 2.90. The lowest BCUT2D eigenvalue weighted by Crippen LogP contribution is -2.71. The summed E-state index contributed by atoms with van der Waals surface area (Å²) in [5, 5.41) is 16.6. The van der Waals surface area contributed by atoms with E-state index in [1.165, 1.54) is 0 Å². The molecule has 20 heteroatoms. The van der Waals surface area contributed by atoms with Gasteiger partial charge in [-0.3, -0.25) is 9.59 Å². The number of carboxylic acid groups (broad SMARTS) is 1. The maximum Gasteiger partial charge on any atom is 0.384 e. The van der Waals surface area contributed by atoms with E-state index in [0.717, 1.165) is 0 Å². The molecule has 0 aliphatic rings. The Morgan fingerprint density at radius 1 is 0.684 bits per heavy atom. The predicted molar refractivity (Wildman–Crippen MR) is 94.0 cm³/mol. The number of carboxylic acids is 1. The van der Waals surface area contributed by atoms with Crippen molar-refractivity contribution >= 4 is 17.9 Å². The summed E-state index contributed by atoms with van der Waals surface area (Å²) < 4.78 is 172. The average molecular weight is 586 g/mol. The normalized spacial score (nSPS) is 13.3. The van der Waals surface area contributed by atoms with Crippen molar-refractivity contribution in [1.82, 2.24) is 0 Å². The molecule has 0 atom stereocenters. The second-order valence-electron chi connectivity index (χ2n) is 6.98. The monoisotopic (exact) mass is 586 g/mol. The van der Waals surface area contributed by atoms with Crippen LogP contribution in [-0.2, 0) is 28.7 Å². The molecular formula is C18H14F12O8. The molecule has 0 heterocycles. The van der Waals surface area contributed by atoms with Crippen molar-refractivity contribution in [3.05, 3.63) is 30.2 Å². The third-order valence-corrected chi connectivity index (χ3v) is 4.20. The van der Waals surface area contributed by atoms with E-state index in [9.17, 15) is 67.1 Å². The summed E-state index contributed by atoms with van der Waals surface area (Å²) in [5.74, 6) is -51.6. The van der Waals surface area contributed by atoms with Crippen LogP contribution in [0.1, 0.15) is 12.8 Å². The van der Waals surface area contributed by atoms with Crippen LogP contribution < -0.4 is 0 Å². The lowest BCUT2D eigenvalue weighted by molar-refractivity contribution is -0.428. The van der Waals surface area contributed by atoms with E-state index in [2.05, 4.69) is 27.5 Å². The van der Waals surface area contributed by atoms with Crippen LogP contribution in [0.3, 0.4) is 0 Å². The SMILES string of the molecule is C=C=C(CC(=O)OCC(F)(F)C(F)(F)C(F)(F)C(F)(F)C(F)(F)C(F)(F)COC(=O)CC(=C)C(=O)O)OO. The lowest BCUT2D eigenvalue weighted by atomic mass is 9.91. The van der Waals surface area contributed by atoms with Gasteiger partial charge in [-0.2, -0.15) is 52.7 Å². The molecule has 0 amide bonds. The summed E-state index contributed by atoms with van der Waals surface area (Å²) in [6, 6.07) is 0. The Bertz CT molecular complexity index is 986. The van der Waals surface area contributed by atoms with E-state index in [0.29, 0.717) is 0 Å². The zero-order valence-corrected chi connectivity index (χ0v) is 18.1. The number of hydrogen-bond donors (Lipinski definition) is 2. The summed E-state index contributed by atoms with van der Waals surface area (Å²) in [4.78, 5) is 36.2. The van der Waals surface area contributed by atoms with E-state index in [1.54, 1.807) is 5.73 Å². The van der Waals surface area contributed by atoms with E-state index in [4.69, 9.17) is 10.4 Å². The number of rotatable bonds is 15. The van der Waals surface area contributed by atoms with Gasteiger partial charge in [0.2, 0.25) is 0 Å². The summed E-state index contributed by atoms with van der Waals surface area (Å²) in [5.41, 5.74) is 0.546. The van der Waals surface area contributed by atoms with Crippen LogP contribution >= 0.6 is 0 Å². The molecule has 8 nitrogen and oxygen atoms in total. The topological polar surface area (TPSA) is 119 Å². The fourth-order valence-corrected chi connectivity index (χ4v) is 1.99. The average Bonchev–Trinajstić information content (AvgIpc) is 2.79. The number of alkyl halides is 12. The highest BCUT2D eigenvalue weighted by molar-refractivity contribution is 5.91. The molecule has 38 heavy (non-hydrogen) atoms. The predicted octanol–water partition coefficient (Wildman–Crippen LogP) is 4.46. The minimum absolute atomic E-state index is 0.989. The Hall–Kier alpha value is -3.41. The van der Waals surface area contributed by atoms with Crippen LogP contribution in [-0.4, -0.2) is 77.0 Å². The van der Waals surface area contributed by atoms with E-state index in [-0.39, 0.29) is 0 Å². The largest absolute Gasteiger partial charge is 0.478 e. The molecule has 0 unspecified atom stereocenters. The molecule has 0 aromatic heterocycles. The van der Waals surface area contributed by atoms with Gasteiger partial charge in [0.1, 0.15) is 6.42 Å². The molecular weight excluding hydrogens is 572 g/mol. The minimum atomic E-state index is -8.00. The fourth-order valence-electron chi connectivity index (χ4n) is 1.99. The van der Waals surface area contributed by atoms with Crippen LogP contribution in [0.2, 0.25) is 0 Å². The summed E-state index contributed by atoms with van der Waals surface area (Å²) in [6.45, 7) is -0.929. The number of esters is 2. The molecule has 2 N–H and O–H groups in total. The van der Waals surface area contributed by atoms with Gasteiger partial charge >= 0.3 is 53.4 Å². The second-order valence-corrected chi connectivity index (χ2v) is 6.98. The molecule has 218 valence electrons. The quantitative estimate of drug-likeness (QED) is 0.0550. The zero-order valence-electron chi connectivity index (χ0n) is 18.1. The second kappa shape index (κ2) is 11.5. The van der Waals surface area contributed by atoms with Crippen molar-refractivity contribution in [1.29, 1.82) is 0 Å². The Morgan fingerprint density at radius 2 is 1.03 bits per heavy atom. The zero-order chi connectivity index (χ0) is 30.5. The van der Waals surface area contributed by atoms with Gasteiger partial charge in [0.25, 0.3) is 0 Å². The molecule has 0 fully saturated rings. The number of carbonyl (C=O) groups is 3. The van der Waals surface area contributed by atoms with Crippen molar-refractivity contribution in [3.63, 3.8) is 0 Å². The maximum absolute atomic E-state index is 13.8. The van der Waals surface area contributed by atoms with Crippen molar-refractivity contribution < 1.29 is 91.8 Å². The Labute approximate surface area is 202 Å². The number of aliphatic carboxylic acids is 1. The van der Waals surface area contributed by atoms with Gasteiger partial charge in [0, 0.05) is 5.57 Å². The van der Waals surface area contributed by atoms with Crippen LogP contribution in [0.15, 0.2) is 30.2 Å². The van der Waals surface area contributed by atoms with Gasteiger partial charge in [-0.15, -0.1) is 0 Å². The molecule has 0 spiro atoms. The van der Waals surface area contributed by atoms with Crippen LogP contribution in [0.25, 0.3) is 0 Å². The van der Waals surface area contributed by atoms with Crippen molar-refractivity contribution in [2.75, 3.05) is 13.2 Å². The molecule has 0 aliphatic heterocycles. The third-order valence-electron chi connectivity index (χ3n) is 4.20. The van der Waals surface area contributed by atoms with Gasteiger partial charge < -0.3 is 19.5 Å². The standard InChI is InChI=1S/C18H14F12O8/c1-3-9(38-35)5-11(32)37-7-14(21,22)16(25,26)18(29,30)17(27,28)15(23,24)13(19,20)6-36-10(31)4-8(2)12(33)34/h35H,1-2,4-7H2,(H,33,34). The van der Waals surface area contributed by atoms with Gasteiger partial charge in [0.15, 0.2) is 19.0 Å². The van der Waals surface area contributed by atoms with Gasteiger partial charge in [-0.05, 0) is 0 Å². The first-order chi connectivity index (χ1) is 16.9. The Balaban J connectivity index is 5.94. The van der Waals surface area contributed by atoms with Gasteiger partial charge in [-0.1, -0.05) is 18.9 Å². The molecule has 0 aromatic rings. The fraction of sp³-hybridized carbons (Fsp3) is 0.556. The number of halogens is 12. The van der Waals surface area contributed by atoms with E-state index >= 15 is 0 Å². The Morgan fingerprint density at radius 3 is 1.32 bits per heavy atom. The number of carbonyl (C=O) groups excluding carboxylic acids is 2. The molecule has 0 rings (SSSR count). The highest BCUT2D eigenvalue weighted by Crippen LogP contribution is 2.60. The number of hydrogen-bond acceptors (Lipinski definition) is 7. The Kier molecular flexibility index (Phi) is 10.5. The molecule has 0 aliphatic carbocycles. The summed E-state index contributed by atoms with van der Waals surface area (Å²) in [6.07, 6.45) is -2.90. The first kappa shape index (κ1) is 34.6. The smallest absolute Gasteiger partial charge is 0.384 e. The van der Waals surface area contributed by atoms with Crippen LogP contribution in [0.5, 0.6) is 0 Å². The maximum atomic E-state index is 13.8. The first-order valence-corrected chi connectivity index (χ1v) is 9.05. The van der Waals surface area contributed by atoms with Crippen LogP contribution in [0, 0.1) is 0 Å². The molecule has 0 aromatic carbocycles. The van der Waals surface area contributed by atoms with Crippen molar-refractivity contribution in [2.24, 2.45) is 0 Å². The summed E-state index contributed by atoms with van der Waals surface area (Å²) >= 11 is 0. The number of ether oxygens (including phenoxy) is 2. The summed E-state index contributed by atoms with van der Waals surface area (Å²) in [7, 11) is 0. The molecule has 0 radical (unpaired) electrons. The lowest BCUT2D eigenvalue weighted by Gasteiger charge is -2.41.